The average Bonchev–Trinajstić information content (AvgIpc) is 3.02. The first kappa shape index (κ1) is 19.7. The van der Waals surface area contributed by atoms with E-state index in [9.17, 15) is 14.0 Å². The number of aromatic nitrogens is 4. The van der Waals surface area contributed by atoms with Gasteiger partial charge in [-0.15, -0.1) is 0 Å². The molecule has 0 radical (unpaired) electrons. The summed E-state index contributed by atoms with van der Waals surface area (Å²) in [7, 11) is 0. The van der Waals surface area contributed by atoms with Crippen molar-refractivity contribution in [1.82, 2.24) is 19.3 Å². The Hall–Kier alpha value is -3.03. The number of carbonyl (C=O) groups is 1. The second kappa shape index (κ2) is 7.18. The predicted octanol–water partition coefficient (Wildman–Crippen LogP) is 3.13. The lowest BCUT2D eigenvalue weighted by molar-refractivity contribution is -0.116. The third-order valence-corrected chi connectivity index (χ3v) is 4.53. The van der Waals surface area contributed by atoms with Crippen molar-refractivity contribution >= 4 is 22.6 Å². The molecule has 3 aromatic rings. The summed E-state index contributed by atoms with van der Waals surface area (Å²) in [5.74, 6) is -0.173. The van der Waals surface area contributed by atoms with Crippen LogP contribution in [0.25, 0.3) is 11.0 Å². The maximum absolute atomic E-state index is 13.6. The van der Waals surface area contributed by atoms with Crippen molar-refractivity contribution in [3.05, 3.63) is 52.0 Å². The van der Waals surface area contributed by atoms with Crippen molar-refractivity contribution in [3.8, 4) is 0 Å². The fourth-order valence-corrected chi connectivity index (χ4v) is 2.97. The molecule has 0 aliphatic rings. The molecule has 7 nitrogen and oxygen atoms in total. The molecule has 1 N–H and O–H groups in total. The number of halogens is 1. The van der Waals surface area contributed by atoms with E-state index in [1.807, 2.05) is 20.8 Å². The van der Waals surface area contributed by atoms with Crippen LogP contribution in [0.1, 0.15) is 38.6 Å². The number of anilines is 1. The molecule has 2 aromatic heterocycles. The van der Waals surface area contributed by atoms with Crippen molar-refractivity contribution in [2.24, 2.45) is 0 Å². The summed E-state index contributed by atoms with van der Waals surface area (Å²) in [6.07, 6.45) is 1.58. The number of carbonyl (C=O) groups excluding carboxylic acids is 1. The van der Waals surface area contributed by atoms with E-state index in [2.05, 4.69) is 15.4 Å². The molecule has 0 atom stereocenters. The maximum atomic E-state index is 13.6. The van der Waals surface area contributed by atoms with Crippen LogP contribution in [0, 0.1) is 19.7 Å². The molecule has 0 unspecified atom stereocenters. The smallest absolute Gasteiger partial charge is 0.264 e. The summed E-state index contributed by atoms with van der Waals surface area (Å²) in [5.41, 5.74) is 0.897. The van der Waals surface area contributed by atoms with Crippen LogP contribution in [-0.2, 0) is 16.9 Å². The molecular weight excluding hydrogens is 361 g/mol. The topological polar surface area (TPSA) is 81.8 Å². The van der Waals surface area contributed by atoms with Gasteiger partial charge in [-0.2, -0.15) is 5.10 Å². The lowest BCUT2D eigenvalue weighted by atomic mass is 10.1. The van der Waals surface area contributed by atoms with E-state index in [1.165, 1.54) is 16.8 Å². The number of hydrogen-bond donors (Lipinski definition) is 1. The molecule has 0 saturated carbocycles. The molecule has 8 heteroatoms. The largest absolute Gasteiger partial charge is 0.326 e. The Morgan fingerprint density at radius 1 is 1.25 bits per heavy atom. The maximum Gasteiger partial charge on any atom is 0.264 e. The van der Waals surface area contributed by atoms with E-state index in [0.29, 0.717) is 28.1 Å². The minimum Gasteiger partial charge on any atom is -0.326 e. The Balaban J connectivity index is 1.80. The van der Waals surface area contributed by atoms with Gasteiger partial charge in [-0.25, -0.2) is 14.1 Å². The van der Waals surface area contributed by atoms with Gasteiger partial charge in [0.05, 0.1) is 11.7 Å². The predicted molar refractivity (Wildman–Crippen MR) is 106 cm³/mol. The molecule has 0 spiro atoms. The van der Waals surface area contributed by atoms with Gasteiger partial charge in [-0.1, -0.05) is 6.07 Å². The highest BCUT2D eigenvalue weighted by molar-refractivity contribution is 5.90. The number of nitrogens with one attached hydrogen (secondary N) is 1. The summed E-state index contributed by atoms with van der Waals surface area (Å²) >= 11 is 0. The summed E-state index contributed by atoms with van der Waals surface area (Å²) in [6.45, 7) is 9.52. The van der Waals surface area contributed by atoms with E-state index >= 15 is 0 Å². The third kappa shape index (κ3) is 3.81. The molecule has 1 amide bonds. The van der Waals surface area contributed by atoms with Crippen molar-refractivity contribution < 1.29 is 9.18 Å². The SMILES string of the molecule is Cc1ccc(NC(=O)CCn2c(C)nc3c(cnn3C(C)(C)C)c2=O)cc1F. The highest BCUT2D eigenvalue weighted by Gasteiger charge is 2.21. The zero-order chi connectivity index (χ0) is 20.6. The third-order valence-electron chi connectivity index (χ3n) is 4.53. The molecular formula is C20H24FN5O2. The van der Waals surface area contributed by atoms with Crippen LogP contribution in [0.15, 0.2) is 29.2 Å². The van der Waals surface area contributed by atoms with Gasteiger partial charge in [0, 0.05) is 18.7 Å². The molecule has 0 aliphatic carbocycles. The Morgan fingerprint density at radius 2 is 1.96 bits per heavy atom. The number of fused-ring (bicyclic) bond motifs is 1. The van der Waals surface area contributed by atoms with Gasteiger partial charge in [0.2, 0.25) is 5.91 Å². The van der Waals surface area contributed by atoms with Gasteiger partial charge in [-0.05, 0) is 52.3 Å². The van der Waals surface area contributed by atoms with Crippen molar-refractivity contribution in [2.45, 2.75) is 53.1 Å². The lowest BCUT2D eigenvalue weighted by Gasteiger charge is -2.20. The lowest BCUT2D eigenvalue weighted by Crippen LogP contribution is -2.28. The molecule has 0 fully saturated rings. The number of aryl methyl sites for hydroxylation is 2. The first-order valence-electron chi connectivity index (χ1n) is 9.09. The Labute approximate surface area is 162 Å². The van der Waals surface area contributed by atoms with E-state index in [-0.39, 0.29) is 35.8 Å². The number of amides is 1. The average molecular weight is 385 g/mol. The molecule has 0 bridgehead atoms. The van der Waals surface area contributed by atoms with E-state index < -0.39 is 0 Å². The molecule has 2 heterocycles. The van der Waals surface area contributed by atoms with Gasteiger partial charge in [0.1, 0.15) is 17.0 Å². The van der Waals surface area contributed by atoms with Gasteiger partial charge < -0.3 is 5.32 Å². The van der Waals surface area contributed by atoms with Crippen LogP contribution in [-0.4, -0.2) is 25.2 Å². The summed E-state index contributed by atoms with van der Waals surface area (Å²) < 4.78 is 16.8. The first-order valence-corrected chi connectivity index (χ1v) is 9.09. The first-order chi connectivity index (χ1) is 13.1. The molecule has 3 rings (SSSR count). The van der Waals surface area contributed by atoms with E-state index in [1.54, 1.807) is 30.7 Å². The zero-order valence-corrected chi connectivity index (χ0v) is 16.7. The van der Waals surface area contributed by atoms with Crippen LogP contribution in [0.2, 0.25) is 0 Å². The van der Waals surface area contributed by atoms with E-state index in [0.717, 1.165) is 0 Å². The Morgan fingerprint density at radius 3 is 2.61 bits per heavy atom. The molecule has 0 saturated heterocycles. The van der Waals surface area contributed by atoms with Crippen LogP contribution in [0.5, 0.6) is 0 Å². The summed E-state index contributed by atoms with van der Waals surface area (Å²) in [4.78, 5) is 29.6. The van der Waals surface area contributed by atoms with Gasteiger partial charge in [0.15, 0.2) is 5.65 Å². The van der Waals surface area contributed by atoms with Crippen LogP contribution < -0.4 is 10.9 Å². The standard InChI is InChI=1S/C20H24FN5O2/c1-12-6-7-14(10-16(12)21)24-17(27)8-9-25-13(2)23-18-15(19(25)28)11-22-26(18)20(3,4)5/h6-7,10-11H,8-9H2,1-5H3,(H,24,27). The highest BCUT2D eigenvalue weighted by Crippen LogP contribution is 2.18. The molecule has 0 aliphatic heterocycles. The number of rotatable bonds is 4. The highest BCUT2D eigenvalue weighted by atomic mass is 19.1. The second-order valence-corrected chi connectivity index (χ2v) is 7.84. The fraction of sp³-hybridized carbons (Fsp3) is 0.400. The normalized spacial score (nSPS) is 11.8. The van der Waals surface area contributed by atoms with Gasteiger partial charge in [-0.3, -0.25) is 14.2 Å². The Kier molecular flexibility index (Phi) is 5.06. The van der Waals surface area contributed by atoms with Crippen LogP contribution >= 0.6 is 0 Å². The Bertz CT molecular complexity index is 1110. The minimum atomic E-state index is -0.379. The minimum absolute atomic E-state index is 0.0663. The molecule has 148 valence electrons. The monoisotopic (exact) mass is 385 g/mol. The molecule has 28 heavy (non-hydrogen) atoms. The zero-order valence-electron chi connectivity index (χ0n) is 16.7. The van der Waals surface area contributed by atoms with Crippen molar-refractivity contribution in [3.63, 3.8) is 0 Å². The van der Waals surface area contributed by atoms with Crippen LogP contribution in [0.3, 0.4) is 0 Å². The fourth-order valence-electron chi connectivity index (χ4n) is 2.97. The van der Waals surface area contributed by atoms with Crippen LogP contribution in [0.4, 0.5) is 10.1 Å². The molecule has 1 aromatic carbocycles. The number of benzene rings is 1. The number of nitrogens with zero attached hydrogens (tertiary/aromatic N) is 4. The summed E-state index contributed by atoms with van der Waals surface area (Å²) in [5, 5.41) is 7.37. The van der Waals surface area contributed by atoms with Gasteiger partial charge >= 0.3 is 0 Å². The quantitative estimate of drug-likeness (QED) is 0.748. The van der Waals surface area contributed by atoms with E-state index in [4.69, 9.17) is 0 Å². The second-order valence-electron chi connectivity index (χ2n) is 7.84. The number of hydrogen-bond acceptors (Lipinski definition) is 4. The summed E-state index contributed by atoms with van der Waals surface area (Å²) in [6, 6.07) is 4.52. The van der Waals surface area contributed by atoms with Crippen molar-refractivity contribution in [2.75, 3.05) is 5.32 Å². The van der Waals surface area contributed by atoms with Gasteiger partial charge in [0.25, 0.3) is 5.56 Å². The van der Waals surface area contributed by atoms with Crippen molar-refractivity contribution in [1.29, 1.82) is 0 Å².